The fourth-order valence-electron chi connectivity index (χ4n) is 3.00. The maximum absolute atomic E-state index is 13.5. The van der Waals surface area contributed by atoms with E-state index in [9.17, 15) is 9.18 Å². The van der Waals surface area contributed by atoms with Crippen LogP contribution >= 0.6 is 0 Å². The molecule has 24 heavy (non-hydrogen) atoms. The molecule has 1 aliphatic rings. The van der Waals surface area contributed by atoms with Crippen LogP contribution in [0, 0.1) is 5.82 Å². The van der Waals surface area contributed by atoms with Crippen molar-refractivity contribution in [3.63, 3.8) is 0 Å². The van der Waals surface area contributed by atoms with E-state index < -0.39 is 0 Å². The van der Waals surface area contributed by atoms with Crippen molar-refractivity contribution in [2.75, 3.05) is 16.8 Å². The quantitative estimate of drug-likeness (QED) is 0.805. The van der Waals surface area contributed by atoms with Crippen LogP contribution in [0.15, 0.2) is 54.9 Å². The third-order valence-corrected chi connectivity index (χ3v) is 4.13. The van der Waals surface area contributed by atoms with Gasteiger partial charge >= 0.3 is 0 Å². The van der Waals surface area contributed by atoms with Gasteiger partial charge in [0.15, 0.2) is 0 Å². The number of aromatic nitrogens is 2. The van der Waals surface area contributed by atoms with Gasteiger partial charge in [-0.2, -0.15) is 0 Å². The number of carbonyl (C=O) groups excluding carboxylic acids is 1. The SMILES string of the molecule is O=C1CC(Nc2ncnc3ccc(F)cc23)CN1c1ccccc1. The van der Waals surface area contributed by atoms with Crippen molar-refractivity contribution in [1.29, 1.82) is 0 Å². The molecular weight excluding hydrogens is 307 g/mol. The van der Waals surface area contributed by atoms with Gasteiger partial charge in [-0.1, -0.05) is 18.2 Å². The number of fused-ring (bicyclic) bond motifs is 1. The number of halogens is 1. The molecule has 0 bridgehead atoms. The minimum atomic E-state index is -0.339. The van der Waals surface area contributed by atoms with E-state index in [1.54, 1.807) is 11.0 Å². The molecule has 1 saturated heterocycles. The summed E-state index contributed by atoms with van der Waals surface area (Å²) in [5.74, 6) is 0.268. The van der Waals surface area contributed by atoms with Crippen molar-refractivity contribution in [3.05, 3.63) is 60.7 Å². The molecule has 0 saturated carbocycles. The first-order valence-electron chi connectivity index (χ1n) is 7.73. The Hall–Kier alpha value is -3.02. The highest BCUT2D eigenvalue weighted by atomic mass is 19.1. The highest BCUT2D eigenvalue weighted by molar-refractivity contribution is 5.97. The van der Waals surface area contributed by atoms with Gasteiger partial charge in [0.2, 0.25) is 5.91 Å². The van der Waals surface area contributed by atoms with E-state index in [0.29, 0.717) is 29.7 Å². The summed E-state index contributed by atoms with van der Waals surface area (Å²) in [6, 6.07) is 13.9. The van der Waals surface area contributed by atoms with E-state index in [1.165, 1.54) is 18.5 Å². The number of nitrogens with zero attached hydrogens (tertiary/aromatic N) is 3. The monoisotopic (exact) mass is 322 g/mol. The standard InChI is InChI=1S/C18H15FN4O/c19-12-6-7-16-15(8-12)18(21-11-20-16)22-13-9-17(24)23(10-13)14-4-2-1-3-5-14/h1-8,11,13H,9-10H2,(H,20,21,22). The van der Waals surface area contributed by atoms with E-state index in [1.807, 2.05) is 30.3 Å². The Labute approximate surface area is 138 Å². The van der Waals surface area contributed by atoms with Gasteiger partial charge in [0, 0.05) is 24.0 Å². The zero-order chi connectivity index (χ0) is 16.5. The highest BCUT2D eigenvalue weighted by Gasteiger charge is 2.31. The van der Waals surface area contributed by atoms with Crippen LogP contribution < -0.4 is 10.2 Å². The fraction of sp³-hybridized carbons (Fsp3) is 0.167. The molecule has 4 rings (SSSR count). The molecule has 120 valence electrons. The molecule has 1 aliphatic heterocycles. The Kier molecular flexibility index (Phi) is 3.57. The van der Waals surface area contributed by atoms with Crippen LogP contribution in [-0.4, -0.2) is 28.5 Å². The molecule has 1 N–H and O–H groups in total. The normalized spacial score (nSPS) is 17.5. The molecule has 2 aromatic carbocycles. The highest BCUT2D eigenvalue weighted by Crippen LogP contribution is 2.25. The molecule has 0 aliphatic carbocycles. The number of amides is 1. The van der Waals surface area contributed by atoms with E-state index in [4.69, 9.17) is 0 Å². The van der Waals surface area contributed by atoms with Crippen LogP contribution in [0.3, 0.4) is 0 Å². The van der Waals surface area contributed by atoms with Crippen LogP contribution in [0.1, 0.15) is 6.42 Å². The summed E-state index contributed by atoms with van der Waals surface area (Å²) in [6.45, 7) is 0.545. The molecule has 3 aromatic rings. The Balaban J connectivity index is 1.59. The lowest BCUT2D eigenvalue weighted by molar-refractivity contribution is -0.117. The van der Waals surface area contributed by atoms with E-state index in [-0.39, 0.29) is 17.8 Å². The van der Waals surface area contributed by atoms with Gasteiger partial charge in [-0.25, -0.2) is 14.4 Å². The molecule has 1 fully saturated rings. The van der Waals surface area contributed by atoms with Crippen LogP contribution in [0.25, 0.3) is 10.9 Å². The minimum absolute atomic E-state index is 0.0586. The minimum Gasteiger partial charge on any atom is -0.364 e. The smallest absolute Gasteiger partial charge is 0.229 e. The Bertz CT molecular complexity index is 900. The lowest BCUT2D eigenvalue weighted by Gasteiger charge is -2.17. The van der Waals surface area contributed by atoms with Crippen LogP contribution in [0.4, 0.5) is 15.9 Å². The zero-order valence-corrected chi connectivity index (χ0v) is 12.8. The summed E-state index contributed by atoms with van der Waals surface area (Å²) < 4.78 is 13.5. The Morgan fingerprint density at radius 1 is 1.12 bits per heavy atom. The van der Waals surface area contributed by atoms with Crippen molar-refractivity contribution in [2.24, 2.45) is 0 Å². The second-order valence-electron chi connectivity index (χ2n) is 5.77. The second kappa shape index (κ2) is 5.88. The molecule has 0 radical (unpaired) electrons. The maximum Gasteiger partial charge on any atom is 0.229 e. The first-order valence-corrected chi connectivity index (χ1v) is 7.73. The molecule has 1 aromatic heterocycles. The molecule has 1 unspecified atom stereocenters. The fourth-order valence-corrected chi connectivity index (χ4v) is 3.00. The third kappa shape index (κ3) is 2.67. The van der Waals surface area contributed by atoms with Crippen molar-refractivity contribution in [1.82, 2.24) is 9.97 Å². The predicted octanol–water partition coefficient (Wildman–Crippen LogP) is 2.99. The summed E-state index contributed by atoms with van der Waals surface area (Å²) in [6.07, 6.45) is 1.81. The average Bonchev–Trinajstić information content (AvgIpc) is 2.96. The largest absolute Gasteiger partial charge is 0.364 e. The van der Waals surface area contributed by atoms with Crippen LogP contribution in [0.5, 0.6) is 0 Å². The summed E-state index contributed by atoms with van der Waals surface area (Å²) in [5, 5.41) is 3.87. The van der Waals surface area contributed by atoms with Crippen molar-refractivity contribution >= 4 is 28.3 Å². The molecular formula is C18H15FN4O. The molecule has 1 atom stereocenters. The Morgan fingerprint density at radius 2 is 1.96 bits per heavy atom. The number of nitrogens with one attached hydrogen (secondary N) is 1. The van der Waals surface area contributed by atoms with Crippen LogP contribution in [0.2, 0.25) is 0 Å². The van der Waals surface area contributed by atoms with Gasteiger partial charge in [0.25, 0.3) is 0 Å². The van der Waals surface area contributed by atoms with Gasteiger partial charge in [0.05, 0.1) is 11.6 Å². The van der Waals surface area contributed by atoms with Crippen molar-refractivity contribution < 1.29 is 9.18 Å². The summed E-state index contributed by atoms with van der Waals surface area (Å²) in [7, 11) is 0. The van der Waals surface area contributed by atoms with Crippen molar-refractivity contribution in [3.8, 4) is 0 Å². The number of benzene rings is 2. The summed E-state index contributed by atoms with van der Waals surface area (Å²) >= 11 is 0. The predicted molar refractivity (Wildman–Crippen MR) is 90.3 cm³/mol. The first kappa shape index (κ1) is 14.6. The van der Waals surface area contributed by atoms with Crippen molar-refractivity contribution in [2.45, 2.75) is 12.5 Å². The second-order valence-corrected chi connectivity index (χ2v) is 5.77. The molecule has 6 heteroatoms. The van der Waals surface area contributed by atoms with Gasteiger partial charge in [-0.15, -0.1) is 0 Å². The first-order chi connectivity index (χ1) is 11.7. The van der Waals surface area contributed by atoms with Gasteiger partial charge < -0.3 is 10.2 Å². The number of hydrogen-bond donors (Lipinski definition) is 1. The Morgan fingerprint density at radius 3 is 2.79 bits per heavy atom. The number of rotatable bonds is 3. The summed E-state index contributed by atoms with van der Waals surface area (Å²) in [4.78, 5) is 22.4. The van der Waals surface area contributed by atoms with Gasteiger partial charge in [-0.05, 0) is 30.3 Å². The number of hydrogen-bond acceptors (Lipinski definition) is 4. The number of para-hydroxylation sites is 1. The molecule has 5 nitrogen and oxygen atoms in total. The molecule has 0 spiro atoms. The van der Waals surface area contributed by atoms with Crippen LogP contribution in [-0.2, 0) is 4.79 Å². The van der Waals surface area contributed by atoms with Gasteiger partial charge in [0.1, 0.15) is 18.0 Å². The van der Waals surface area contributed by atoms with E-state index >= 15 is 0 Å². The average molecular weight is 322 g/mol. The lowest BCUT2D eigenvalue weighted by Crippen LogP contribution is -2.27. The molecule has 2 heterocycles. The van der Waals surface area contributed by atoms with E-state index in [0.717, 1.165) is 5.69 Å². The number of anilines is 2. The maximum atomic E-state index is 13.5. The zero-order valence-electron chi connectivity index (χ0n) is 12.8. The third-order valence-electron chi connectivity index (χ3n) is 4.13. The topological polar surface area (TPSA) is 58.1 Å². The molecule has 1 amide bonds. The number of carbonyl (C=O) groups is 1. The lowest BCUT2D eigenvalue weighted by atomic mass is 10.2. The van der Waals surface area contributed by atoms with Gasteiger partial charge in [-0.3, -0.25) is 4.79 Å². The summed E-state index contributed by atoms with van der Waals surface area (Å²) in [5.41, 5.74) is 1.54. The van der Waals surface area contributed by atoms with E-state index in [2.05, 4.69) is 15.3 Å².